The summed E-state index contributed by atoms with van der Waals surface area (Å²) in [6.07, 6.45) is 1.54. The molecule has 0 bridgehead atoms. The quantitative estimate of drug-likeness (QED) is 0.254. The summed E-state index contributed by atoms with van der Waals surface area (Å²) in [5.41, 5.74) is 8.99. The van der Waals surface area contributed by atoms with Gasteiger partial charge in [0, 0.05) is 16.6 Å². The Labute approximate surface area is 177 Å². The molecule has 0 aliphatic carbocycles. The van der Waals surface area contributed by atoms with Gasteiger partial charge >= 0.3 is 5.97 Å². The molecule has 0 aliphatic heterocycles. The van der Waals surface area contributed by atoms with E-state index in [1.54, 1.807) is 66.9 Å². The number of carbonyl (C=O) groups excluding carboxylic acids is 2. The van der Waals surface area contributed by atoms with Crippen molar-refractivity contribution in [3.63, 3.8) is 0 Å². The standard InChI is InChI=1S/C24H19N3O4/c1-30-24(29)18-5-3-2-4-17(18)19-12-15-10-11-31-21(15)13-20(19)23(28)27-16-8-6-14(7-9-16)22(25)26/h2-13H,1H3,(H3,25,26)(H,27,28). The van der Waals surface area contributed by atoms with Gasteiger partial charge in [0.2, 0.25) is 0 Å². The molecule has 0 unspecified atom stereocenters. The number of hydrogen-bond donors (Lipinski definition) is 3. The number of esters is 1. The Bertz CT molecular complexity index is 1310. The van der Waals surface area contributed by atoms with E-state index in [1.165, 1.54) is 7.11 Å². The number of nitrogens with one attached hydrogen (secondary N) is 2. The van der Waals surface area contributed by atoms with Crippen LogP contribution in [0.4, 0.5) is 5.69 Å². The Morgan fingerprint density at radius 1 is 0.968 bits per heavy atom. The first-order valence-electron chi connectivity index (χ1n) is 9.42. The number of hydrogen-bond acceptors (Lipinski definition) is 5. The molecule has 7 heteroatoms. The first-order chi connectivity index (χ1) is 15.0. The molecule has 1 heterocycles. The van der Waals surface area contributed by atoms with E-state index in [-0.39, 0.29) is 11.7 Å². The van der Waals surface area contributed by atoms with Gasteiger partial charge in [-0.15, -0.1) is 0 Å². The van der Waals surface area contributed by atoms with Gasteiger partial charge in [-0.05, 0) is 59.7 Å². The van der Waals surface area contributed by atoms with Crippen LogP contribution in [-0.2, 0) is 4.74 Å². The van der Waals surface area contributed by atoms with E-state index >= 15 is 0 Å². The minimum absolute atomic E-state index is 0.0529. The van der Waals surface area contributed by atoms with Gasteiger partial charge in [-0.3, -0.25) is 10.2 Å². The van der Waals surface area contributed by atoms with E-state index in [1.807, 2.05) is 6.07 Å². The predicted octanol–water partition coefficient (Wildman–Crippen LogP) is 4.42. The van der Waals surface area contributed by atoms with Crippen LogP contribution in [0.15, 0.2) is 77.4 Å². The number of amides is 1. The smallest absolute Gasteiger partial charge is 0.338 e. The van der Waals surface area contributed by atoms with Crippen LogP contribution in [0.5, 0.6) is 0 Å². The zero-order chi connectivity index (χ0) is 22.0. The van der Waals surface area contributed by atoms with Gasteiger partial charge in [-0.25, -0.2) is 4.79 Å². The summed E-state index contributed by atoms with van der Waals surface area (Å²) in [5.74, 6) is -0.916. The summed E-state index contributed by atoms with van der Waals surface area (Å²) in [6.45, 7) is 0. The molecule has 7 nitrogen and oxygen atoms in total. The zero-order valence-corrected chi connectivity index (χ0v) is 16.6. The second-order valence-electron chi connectivity index (χ2n) is 6.84. The van der Waals surface area contributed by atoms with Crippen molar-refractivity contribution in [1.82, 2.24) is 0 Å². The van der Waals surface area contributed by atoms with Crippen molar-refractivity contribution in [2.45, 2.75) is 0 Å². The van der Waals surface area contributed by atoms with Crippen LogP contribution < -0.4 is 11.1 Å². The van der Waals surface area contributed by atoms with E-state index in [9.17, 15) is 9.59 Å². The number of ether oxygens (including phenoxy) is 1. The second-order valence-corrected chi connectivity index (χ2v) is 6.84. The molecule has 0 spiro atoms. The highest BCUT2D eigenvalue weighted by Crippen LogP contribution is 2.32. The van der Waals surface area contributed by atoms with Gasteiger partial charge in [0.15, 0.2) is 0 Å². The number of anilines is 1. The number of nitrogens with two attached hydrogens (primary N) is 1. The maximum atomic E-state index is 13.2. The van der Waals surface area contributed by atoms with Crippen LogP contribution in [0.2, 0.25) is 0 Å². The SMILES string of the molecule is COC(=O)c1ccccc1-c1cc2ccoc2cc1C(=O)Nc1ccc(C(=N)N)cc1. The zero-order valence-electron chi connectivity index (χ0n) is 16.6. The molecule has 0 fully saturated rings. The maximum Gasteiger partial charge on any atom is 0.338 e. The Kier molecular flexibility index (Phi) is 5.24. The van der Waals surface area contributed by atoms with Crippen LogP contribution in [0.25, 0.3) is 22.1 Å². The van der Waals surface area contributed by atoms with E-state index in [0.717, 1.165) is 5.39 Å². The van der Waals surface area contributed by atoms with Gasteiger partial charge in [-0.2, -0.15) is 0 Å². The van der Waals surface area contributed by atoms with Crippen LogP contribution in [-0.4, -0.2) is 24.8 Å². The summed E-state index contributed by atoms with van der Waals surface area (Å²) >= 11 is 0. The van der Waals surface area contributed by atoms with E-state index in [0.29, 0.717) is 39.1 Å². The normalized spacial score (nSPS) is 10.6. The molecule has 4 aromatic rings. The first kappa shape index (κ1) is 19.9. The van der Waals surface area contributed by atoms with Crippen molar-refractivity contribution in [3.8, 4) is 11.1 Å². The topological polar surface area (TPSA) is 118 Å². The molecule has 4 rings (SSSR count). The minimum Gasteiger partial charge on any atom is -0.465 e. The highest BCUT2D eigenvalue weighted by atomic mass is 16.5. The van der Waals surface area contributed by atoms with Crippen LogP contribution in [0.1, 0.15) is 26.3 Å². The van der Waals surface area contributed by atoms with Crippen LogP contribution in [0.3, 0.4) is 0 Å². The number of benzene rings is 3. The lowest BCUT2D eigenvalue weighted by Crippen LogP contribution is -2.15. The third kappa shape index (κ3) is 3.89. The van der Waals surface area contributed by atoms with Crippen molar-refractivity contribution in [1.29, 1.82) is 5.41 Å². The number of methoxy groups -OCH3 is 1. The fourth-order valence-electron chi connectivity index (χ4n) is 3.36. The molecule has 0 aliphatic rings. The Morgan fingerprint density at radius 2 is 1.71 bits per heavy atom. The van der Waals surface area contributed by atoms with Crippen LogP contribution in [0, 0.1) is 5.41 Å². The summed E-state index contributed by atoms with van der Waals surface area (Å²) in [4.78, 5) is 25.5. The molecule has 0 radical (unpaired) electrons. The number of carbonyl (C=O) groups is 2. The van der Waals surface area contributed by atoms with Gasteiger partial charge < -0.3 is 20.2 Å². The number of furan rings is 1. The fourth-order valence-corrected chi connectivity index (χ4v) is 3.36. The first-order valence-corrected chi connectivity index (χ1v) is 9.42. The summed E-state index contributed by atoms with van der Waals surface area (Å²) in [7, 11) is 1.32. The highest BCUT2D eigenvalue weighted by molar-refractivity contribution is 6.12. The van der Waals surface area contributed by atoms with Crippen molar-refractivity contribution in [2.75, 3.05) is 12.4 Å². The number of fused-ring (bicyclic) bond motifs is 1. The van der Waals surface area contributed by atoms with Crippen molar-refractivity contribution >= 4 is 34.4 Å². The second kappa shape index (κ2) is 8.16. The number of nitrogen functional groups attached to an aromatic ring is 1. The van der Waals surface area contributed by atoms with Crippen molar-refractivity contribution in [2.24, 2.45) is 5.73 Å². The molecule has 1 amide bonds. The number of rotatable bonds is 5. The summed E-state index contributed by atoms with van der Waals surface area (Å²) < 4.78 is 10.4. The maximum absolute atomic E-state index is 13.2. The third-order valence-electron chi connectivity index (χ3n) is 4.91. The van der Waals surface area contributed by atoms with E-state index < -0.39 is 5.97 Å². The summed E-state index contributed by atoms with van der Waals surface area (Å²) in [5, 5.41) is 11.1. The molecule has 0 saturated carbocycles. The predicted molar refractivity (Wildman–Crippen MR) is 118 cm³/mol. The fraction of sp³-hybridized carbons (Fsp3) is 0.0417. The van der Waals surface area contributed by atoms with Gasteiger partial charge in [0.25, 0.3) is 5.91 Å². The molecule has 0 atom stereocenters. The summed E-state index contributed by atoms with van der Waals surface area (Å²) in [6, 6.07) is 18.9. The molecule has 154 valence electrons. The monoisotopic (exact) mass is 413 g/mol. The van der Waals surface area contributed by atoms with Crippen LogP contribution >= 0.6 is 0 Å². The molecule has 31 heavy (non-hydrogen) atoms. The molecule has 1 aromatic heterocycles. The lowest BCUT2D eigenvalue weighted by molar-refractivity contribution is 0.0601. The molecular formula is C24H19N3O4. The van der Waals surface area contributed by atoms with Gasteiger partial charge in [0.05, 0.1) is 24.5 Å². The van der Waals surface area contributed by atoms with Gasteiger partial charge in [0.1, 0.15) is 11.4 Å². The Morgan fingerprint density at radius 3 is 2.42 bits per heavy atom. The minimum atomic E-state index is -0.492. The Hall–Kier alpha value is -4.39. The third-order valence-corrected chi connectivity index (χ3v) is 4.91. The number of amidine groups is 1. The lowest BCUT2D eigenvalue weighted by Gasteiger charge is -2.14. The Balaban J connectivity index is 1.80. The van der Waals surface area contributed by atoms with Crippen molar-refractivity contribution in [3.05, 3.63) is 89.7 Å². The largest absolute Gasteiger partial charge is 0.465 e. The molecular weight excluding hydrogens is 394 g/mol. The van der Waals surface area contributed by atoms with Gasteiger partial charge in [-0.1, -0.05) is 18.2 Å². The molecule has 0 saturated heterocycles. The van der Waals surface area contributed by atoms with E-state index in [4.69, 9.17) is 20.3 Å². The molecule has 3 aromatic carbocycles. The molecule has 4 N–H and O–H groups in total. The average Bonchev–Trinajstić information content (AvgIpc) is 3.25. The average molecular weight is 413 g/mol. The highest BCUT2D eigenvalue weighted by Gasteiger charge is 2.20. The van der Waals surface area contributed by atoms with E-state index in [2.05, 4.69) is 5.32 Å². The van der Waals surface area contributed by atoms with Crippen molar-refractivity contribution < 1.29 is 18.7 Å². The lowest BCUT2D eigenvalue weighted by atomic mass is 9.93.